The fraction of sp³-hybridized carbons (Fsp3) is 0.935. The molecule has 0 spiro atoms. The van der Waals surface area contributed by atoms with Gasteiger partial charge in [0.25, 0.3) is 0 Å². The van der Waals surface area contributed by atoms with Gasteiger partial charge >= 0.3 is 0 Å². The summed E-state index contributed by atoms with van der Waals surface area (Å²) in [5, 5.41) is 0. The maximum atomic E-state index is 4.63. The maximum Gasteiger partial charge on any atom is -0.0206 e. The van der Waals surface area contributed by atoms with E-state index in [1.54, 1.807) is 5.57 Å². The molecule has 0 saturated carbocycles. The number of rotatable bonds is 25. The summed E-state index contributed by atoms with van der Waals surface area (Å²) in [4.78, 5) is 0. The molecule has 0 heteroatoms. The van der Waals surface area contributed by atoms with Crippen molar-refractivity contribution in [2.24, 2.45) is 11.8 Å². The molecule has 0 aromatic rings. The normalized spacial score (nSPS) is 12.5. The highest BCUT2D eigenvalue weighted by molar-refractivity contribution is 5.01. The van der Waals surface area contributed by atoms with Gasteiger partial charge in [0.2, 0.25) is 0 Å². The van der Waals surface area contributed by atoms with Crippen LogP contribution >= 0.6 is 0 Å². The summed E-state index contributed by atoms with van der Waals surface area (Å²) < 4.78 is 0. The molecule has 0 amide bonds. The Kier molecular flexibility index (Phi) is 24.2. The van der Waals surface area contributed by atoms with E-state index in [0.29, 0.717) is 0 Å². The van der Waals surface area contributed by atoms with Crippen LogP contribution in [-0.2, 0) is 0 Å². The van der Waals surface area contributed by atoms with E-state index in [1.165, 1.54) is 148 Å². The maximum absolute atomic E-state index is 4.63. The molecule has 0 aliphatic rings. The molecule has 0 aromatic heterocycles. The van der Waals surface area contributed by atoms with Crippen LogP contribution in [0.15, 0.2) is 12.2 Å². The smallest absolute Gasteiger partial charge is 0.0206 e. The van der Waals surface area contributed by atoms with E-state index >= 15 is 0 Å². The first-order valence-electron chi connectivity index (χ1n) is 14.8. The van der Waals surface area contributed by atoms with Crippen molar-refractivity contribution in [1.82, 2.24) is 0 Å². The Labute approximate surface area is 199 Å². The van der Waals surface area contributed by atoms with E-state index in [2.05, 4.69) is 34.3 Å². The van der Waals surface area contributed by atoms with Gasteiger partial charge in [0.05, 0.1) is 0 Å². The third kappa shape index (κ3) is 21.3. The van der Waals surface area contributed by atoms with Gasteiger partial charge in [0.15, 0.2) is 0 Å². The van der Waals surface area contributed by atoms with E-state index in [1.807, 2.05) is 0 Å². The standard InChI is InChI=1S/C31H62/c1-6-9-12-15-18-19-22-25-29(4)28-30(5)31(26-23-20-16-13-10-7-2)27-24-21-17-14-11-8-3/h29,31H,5-28H2,1-4H3. The van der Waals surface area contributed by atoms with Crippen LogP contribution in [0, 0.1) is 11.8 Å². The molecule has 0 saturated heterocycles. The number of hydrogen-bond acceptors (Lipinski definition) is 0. The summed E-state index contributed by atoms with van der Waals surface area (Å²) in [6, 6.07) is 0. The van der Waals surface area contributed by atoms with Crippen molar-refractivity contribution in [2.75, 3.05) is 0 Å². The van der Waals surface area contributed by atoms with E-state index in [9.17, 15) is 0 Å². The summed E-state index contributed by atoms with van der Waals surface area (Å²) >= 11 is 0. The molecular formula is C31H62. The molecule has 0 N–H and O–H groups in total. The lowest BCUT2D eigenvalue weighted by Crippen LogP contribution is -2.08. The Balaban J connectivity index is 4.16. The molecule has 1 unspecified atom stereocenters. The van der Waals surface area contributed by atoms with Gasteiger partial charge in [-0.2, -0.15) is 0 Å². The lowest BCUT2D eigenvalue weighted by molar-refractivity contribution is 0.409. The molecule has 0 aromatic carbocycles. The molecule has 1 atom stereocenters. The minimum Gasteiger partial charge on any atom is -0.0996 e. The largest absolute Gasteiger partial charge is 0.0996 e. The first-order chi connectivity index (χ1) is 15.2. The van der Waals surface area contributed by atoms with Crippen LogP contribution in [0.4, 0.5) is 0 Å². The highest BCUT2D eigenvalue weighted by Crippen LogP contribution is 2.30. The van der Waals surface area contributed by atoms with Gasteiger partial charge in [-0.3, -0.25) is 0 Å². The minimum absolute atomic E-state index is 0.800. The van der Waals surface area contributed by atoms with E-state index in [-0.39, 0.29) is 0 Å². The predicted octanol–water partition coefficient (Wildman–Crippen LogP) is 11.8. The number of hydrogen-bond donors (Lipinski definition) is 0. The lowest BCUT2D eigenvalue weighted by atomic mass is 9.83. The second kappa shape index (κ2) is 24.4. The minimum atomic E-state index is 0.800. The van der Waals surface area contributed by atoms with Crippen LogP contribution in [0.2, 0.25) is 0 Å². The predicted molar refractivity (Wildman–Crippen MR) is 145 cm³/mol. The fourth-order valence-electron chi connectivity index (χ4n) is 5.06. The molecule has 31 heavy (non-hydrogen) atoms. The molecule has 0 rings (SSSR count). The second-order valence-corrected chi connectivity index (χ2v) is 10.7. The van der Waals surface area contributed by atoms with Gasteiger partial charge in [-0.05, 0) is 31.1 Å². The van der Waals surface area contributed by atoms with Crippen molar-refractivity contribution < 1.29 is 0 Å². The zero-order chi connectivity index (χ0) is 23.0. The molecule has 186 valence electrons. The number of allylic oxidation sites excluding steroid dienone is 1. The van der Waals surface area contributed by atoms with E-state index in [0.717, 1.165) is 11.8 Å². The zero-order valence-corrected chi connectivity index (χ0v) is 22.6. The third-order valence-electron chi connectivity index (χ3n) is 7.30. The highest BCUT2D eigenvalue weighted by Gasteiger charge is 2.15. The van der Waals surface area contributed by atoms with Crippen LogP contribution in [0.5, 0.6) is 0 Å². The van der Waals surface area contributed by atoms with Gasteiger partial charge in [0, 0.05) is 0 Å². The Morgan fingerprint density at radius 2 is 0.806 bits per heavy atom. The Morgan fingerprint density at radius 3 is 1.19 bits per heavy atom. The molecular weight excluding hydrogens is 372 g/mol. The first-order valence-corrected chi connectivity index (χ1v) is 14.8. The molecule has 0 fully saturated rings. The van der Waals surface area contributed by atoms with Crippen molar-refractivity contribution in [3.8, 4) is 0 Å². The summed E-state index contributed by atoms with van der Waals surface area (Å²) in [7, 11) is 0. The van der Waals surface area contributed by atoms with Gasteiger partial charge in [-0.15, -0.1) is 0 Å². The molecule has 0 aliphatic heterocycles. The SMILES string of the molecule is C=C(CC(C)CCCCCCCCC)C(CCCCCCCC)CCCCCCCC. The van der Waals surface area contributed by atoms with Gasteiger partial charge < -0.3 is 0 Å². The van der Waals surface area contributed by atoms with Gasteiger partial charge in [0.1, 0.15) is 0 Å². The van der Waals surface area contributed by atoms with Gasteiger partial charge in [-0.25, -0.2) is 0 Å². The van der Waals surface area contributed by atoms with Crippen LogP contribution in [0.3, 0.4) is 0 Å². The van der Waals surface area contributed by atoms with Gasteiger partial charge in [-0.1, -0.05) is 168 Å². The van der Waals surface area contributed by atoms with Crippen LogP contribution in [-0.4, -0.2) is 0 Å². The third-order valence-corrected chi connectivity index (χ3v) is 7.30. The molecule has 0 nitrogen and oxygen atoms in total. The summed E-state index contributed by atoms with van der Waals surface area (Å²) in [6.45, 7) is 14.0. The van der Waals surface area contributed by atoms with Crippen molar-refractivity contribution in [3.05, 3.63) is 12.2 Å². The van der Waals surface area contributed by atoms with E-state index in [4.69, 9.17) is 0 Å². The first kappa shape index (κ1) is 30.7. The Hall–Kier alpha value is -0.260. The Morgan fingerprint density at radius 1 is 0.484 bits per heavy atom. The summed E-state index contributed by atoms with van der Waals surface area (Å²) in [6.07, 6.45) is 32.6. The monoisotopic (exact) mass is 434 g/mol. The lowest BCUT2D eigenvalue weighted by Gasteiger charge is -2.23. The van der Waals surface area contributed by atoms with Crippen molar-refractivity contribution in [2.45, 2.75) is 175 Å². The molecule has 0 aliphatic carbocycles. The second-order valence-electron chi connectivity index (χ2n) is 10.7. The topological polar surface area (TPSA) is 0 Å². The highest BCUT2D eigenvalue weighted by atomic mass is 14.2. The van der Waals surface area contributed by atoms with Crippen LogP contribution in [0.25, 0.3) is 0 Å². The van der Waals surface area contributed by atoms with Crippen LogP contribution < -0.4 is 0 Å². The molecule has 0 radical (unpaired) electrons. The van der Waals surface area contributed by atoms with Crippen molar-refractivity contribution >= 4 is 0 Å². The number of unbranched alkanes of at least 4 members (excludes halogenated alkanes) is 16. The quantitative estimate of drug-likeness (QED) is 0.0989. The molecule has 0 heterocycles. The average molecular weight is 435 g/mol. The Bertz CT molecular complexity index is 339. The molecule has 0 bridgehead atoms. The van der Waals surface area contributed by atoms with E-state index < -0.39 is 0 Å². The van der Waals surface area contributed by atoms with Crippen molar-refractivity contribution in [3.63, 3.8) is 0 Å². The fourth-order valence-corrected chi connectivity index (χ4v) is 5.06. The summed E-state index contributed by atoms with van der Waals surface area (Å²) in [5.41, 5.74) is 1.59. The van der Waals surface area contributed by atoms with Crippen LogP contribution in [0.1, 0.15) is 175 Å². The zero-order valence-electron chi connectivity index (χ0n) is 22.6. The van der Waals surface area contributed by atoms with Crippen molar-refractivity contribution in [1.29, 1.82) is 0 Å². The summed E-state index contributed by atoms with van der Waals surface area (Å²) in [5.74, 6) is 1.63. The average Bonchev–Trinajstić information content (AvgIpc) is 2.76.